The summed E-state index contributed by atoms with van der Waals surface area (Å²) in [6.07, 6.45) is 1.62. The van der Waals surface area contributed by atoms with Crippen LogP contribution in [0.25, 0.3) is 11.6 Å². The fourth-order valence-electron chi connectivity index (χ4n) is 3.04. The molecule has 1 amide bonds. The molecule has 0 spiro atoms. The van der Waals surface area contributed by atoms with Crippen LogP contribution in [0.15, 0.2) is 29.0 Å². The highest BCUT2D eigenvalue weighted by Gasteiger charge is 2.42. The van der Waals surface area contributed by atoms with E-state index in [9.17, 15) is 4.79 Å². The number of aromatic amines is 1. The van der Waals surface area contributed by atoms with Gasteiger partial charge in [0.1, 0.15) is 6.33 Å². The van der Waals surface area contributed by atoms with Gasteiger partial charge in [-0.1, -0.05) is 34.4 Å². The summed E-state index contributed by atoms with van der Waals surface area (Å²) in [5.41, 5.74) is 0.854. The smallest absolute Gasteiger partial charge is 0.239 e. The van der Waals surface area contributed by atoms with Gasteiger partial charge in [0, 0.05) is 13.5 Å². The minimum atomic E-state index is -0.293. The highest BCUT2D eigenvalue weighted by Crippen LogP contribution is 2.44. The molecule has 128 valence electrons. The van der Waals surface area contributed by atoms with Gasteiger partial charge >= 0.3 is 0 Å². The first kappa shape index (κ1) is 16.0. The van der Waals surface area contributed by atoms with E-state index in [0.717, 1.165) is 5.56 Å². The Balaban J connectivity index is 1.72. The number of H-pyrrole nitrogens is 1. The molecule has 2 atom stereocenters. The number of hydrogen-bond acceptors (Lipinski definition) is 6. The summed E-state index contributed by atoms with van der Waals surface area (Å²) in [6.45, 7) is 0. The third kappa shape index (κ3) is 2.77. The fourth-order valence-corrected chi connectivity index (χ4v) is 3.35. The van der Waals surface area contributed by atoms with Crippen LogP contribution in [0, 0.1) is 0 Å². The van der Waals surface area contributed by atoms with Gasteiger partial charge in [0.15, 0.2) is 5.82 Å². The predicted octanol–water partition coefficient (Wildman–Crippen LogP) is 2.85. The number of nitrogens with one attached hydrogen (secondary N) is 1. The Hall–Kier alpha value is -2.45. The van der Waals surface area contributed by atoms with Crippen molar-refractivity contribution in [3.8, 4) is 11.6 Å². The van der Waals surface area contributed by atoms with Crippen LogP contribution in [-0.4, -0.2) is 43.2 Å². The topological polar surface area (TPSA) is 101 Å². The van der Waals surface area contributed by atoms with Crippen LogP contribution in [0.4, 0.5) is 0 Å². The molecular weight excluding hydrogens is 367 g/mol. The van der Waals surface area contributed by atoms with Crippen molar-refractivity contribution >= 4 is 29.1 Å². The van der Waals surface area contributed by atoms with E-state index in [1.165, 1.54) is 6.33 Å². The third-order valence-electron chi connectivity index (χ3n) is 4.26. The predicted molar refractivity (Wildman–Crippen MR) is 89.0 cm³/mol. The first-order valence-electron chi connectivity index (χ1n) is 7.44. The van der Waals surface area contributed by atoms with Crippen LogP contribution in [0.1, 0.15) is 29.8 Å². The molecule has 3 heterocycles. The zero-order valence-corrected chi connectivity index (χ0v) is 14.5. The zero-order chi connectivity index (χ0) is 17.6. The molecule has 1 saturated heterocycles. The maximum absolute atomic E-state index is 12.3. The standard InChI is InChI=1S/C15H12Cl2N6O2/c1-23-11(24)5-8(12(23)7-2-3-9(16)10(17)4-7)15-20-14(22-25-15)13-18-6-19-21-13/h2-4,6,8,12H,5H2,1H3,(H,18,19,21). The van der Waals surface area contributed by atoms with Crippen molar-refractivity contribution in [3.63, 3.8) is 0 Å². The molecule has 2 aromatic heterocycles. The molecule has 2 unspecified atom stereocenters. The number of amides is 1. The van der Waals surface area contributed by atoms with Crippen LogP contribution in [-0.2, 0) is 4.79 Å². The van der Waals surface area contributed by atoms with Gasteiger partial charge in [-0.25, -0.2) is 4.98 Å². The highest BCUT2D eigenvalue weighted by atomic mass is 35.5. The first-order chi connectivity index (χ1) is 12.0. The van der Waals surface area contributed by atoms with E-state index in [1.807, 2.05) is 6.07 Å². The van der Waals surface area contributed by atoms with E-state index < -0.39 is 0 Å². The monoisotopic (exact) mass is 378 g/mol. The third-order valence-corrected chi connectivity index (χ3v) is 5.00. The SMILES string of the molecule is CN1C(=O)CC(c2nc(-c3ncn[nH]3)no2)C1c1ccc(Cl)c(Cl)c1. The van der Waals surface area contributed by atoms with E-state index in [-0.39, 0.29) is 24.3 Å². The molecule has 0 radical (unpaired) electrons. The molecule has 1 aliphatic rings. The second-order valence-corrected chi connectivity index (χ2v) is 6.54. The molecule has 1 N–H and O–H groups in total. The summed E-state index contributed by atoms with van der Waals surface area (Å²) >= 11 is 12.1. The lowest BCUT2D eigenvalue weighted by molar-refractivity contribution is -0.127. The van der Waals surface area contributed by atoms with Crippen LogP contribution < -0.4 is 0 Å². The molecule has 8 nitrogen and oxygen atoms in total. The molecular formula is C15H12Cl2N6O2. The quantitative estimate of drug-likeness (QED) is 0.751. The summed E-state index contributed by atoms with van der Waals surface area (Å²) in [6, 6.07) is 5.03. The van der Waals surface area contributed by atoms with Crippen molar-refractivity contribution in [2.24, 2.45) is 0 Å². The fraction of sp³-hybridized carbons (Fsp3) is 0.267. The molecule has 1 aliphatic heterocycles. The summed E-state index contributed by atoms with van der Waals surface area (Å²) in [4.78, 5) is 22.3. The lowest BCUT2D eigenvalue weighted by Gasteiger charge is -2.24. The molecule has 1 aromatic carbocycles. The number of likely N-dealkylation sites (N-methyl/N-ethyl adjacent to an activating group) is 1. The van der Waals surface area contributed by atoms with E-state index in [0.29, 0.717) is 27.6 Å². The number of aromatic nitrogens is 5. The molecule has 10 heteroatoms. The van der Waals surface area contributed by atoms with Gasteiger partial charge in [0.2, 0.25) is 17.6 Å². The van der Waals surface area contributed by atoms with Crippen molar-refractivity contribution < 1.29 is 9.32 Å². The van der Waals surface area contributed by atoms with E-state index in [4.69, 9.17) is 27.7 Å². The minimum Gasteiger partial charge on any atom is -0.338 e. The average molecular weight is 379 g/mol. The van der Waals surface area contributed by atoms with Crippen molar-refractivity contribution in [2.45, 2.75) is 18.4 Å². The lowest BCUT2D eigenvalue weighted by atomic mass is 9.93. The Labute approximate surface area is 152 Å². The number of halogens is 2. The maximum Gasteiger partial charge on any atom is 0.239 e. The van der Waals surface area contributed by atoms with Gasteiger partial charge < -0.3 is 9.42 Å². The Morgan fingerprint density at radius 3 is 2.88 bits per heavy atom. The van der Waals surface area contributed by atoms with E-state index in [1.54, 1.807) is 24.1 Å². The highest BCUT2D eigenvalue weighted by molar-refractivity contribution is 6.42. The van der Waals surface area contributed by atoms with Gasteiger partial charge in [0.25, 0.3) is 0 Å². The van der Waals surface area contributed by atoms with Crippen LogP contribution >= 0.6 is 23.2 Å². The summed E-state index contributed by atoms with van der Waals surface area (Å²) < 4.78 is 5.39. The van der Waals surface area contributed by atoms with E-state index in [2.05, 4.69) is 25.3 Å². The normalized spacial score (nSPS) is 20.4. The first-order valence-corrected chi connectivity index (χ1v) is 8.20. The minimum absolute atomic E-state index is 0.0134. The van der Waals surface area contributed by atoms with Gasteiger partial charge in [-0.2, -0.15) is 10.1 Å². The Kier molecular flexibility index (Phi) is 3.93. The summed E-state index contributed by atoms with van der Waals surface area (Å²) in [5.74, 6) is 0.751. The summed E-state index contributed by atoms with van der Waals surface area (Å²) in [7, 11) is 1.74. The average Bonchev–Trinajstić information content (AvgIpc) is 3.31. The van der Waals surface area contributed by atoms with Crippen molar-refractivity contribution in [2.75, 3.05) is 7.05 Å². The van der Waals surface area contributed by atoms with Crippen molar-refractivity contribution in [1.29, 1.82) is 0 Å². The van der Waals surface area contributed by atoms with Crippen molar-refractivity contribution in [1.82, 2.24) is 30.2 Å². The second kappa shape index (κ2) is 6.12. The number of benzene rings is 1. The number of rotatable bonds is 3. The number of likely N-dealkylation sites (tertiary alicyclic amines) is 1. The summed E-state index contributed by atoms with van der Waals surface area (Å²) in [5, 5.41) is 11.2. The van der Waals surface area contributed by atoms with Crippen LogP contribution in [0.5, 0.6) is 0 Å². The van der Waals surface area contributed by atoms with Crippen LogP contribution in [0.3, 0.4) is 0 Å². The number of nitrogens with zero attached hydrogens (tertiary/aromatic N) is 5. The number of carbonyl (C=O) groups excluding carboxylic acids is 1. The Bertz CT molecular complexity index is 926. The van der Waals surface area contributed by atoms with Gasteiger partial charge in [-0.15, -0.1) is 0 Å². The van der Waals surface area contributed by atoms with Gasteiger partial charge in [0.05, 0.1) is 22.0 Å². The molecule has 3 aromatic rings. The number of hydrogen-bond donors (Lipinski definition) is 1. The van der Waals surface area contributed by atoms with E-state index >= 15 is 0 Å². The molecule has 25 heavy (non-hydrogen) atoms. The molecule has 1 fully saturated rings. The molecule has 0 aliphatic carbocycles. The maximum atomic E-state index is 12.3. The molecule has 0 bridgehead atoms. The Morgan fingerprint density at radius 2 is 2.16 bits per heavy atom. The molecule has 0 saturated carbocycles. The largest absolute Gasteiger partial charge is 0.338 e. The number of carbonyl (C=O) groups is 1. The zero-order valence-electron chi connectivity index (χ0n) is 13.0. The second-order valence-electron chi connectivity index (χ2n) is 5.72. The van der Waals surface area contributed by atoms with Gasteiger partial charge in [-0.3, -0.25) is 9.89 Å². The van der Waals surface area contributed by atoms with Gasteiger partial charge in [-0.05, 0) is 17.7 Å². The Morgan fingerprint density at radius 1 is 1.32 bits per heavy atom. The molecule has 4 rings (SSSR count). The van der Waals surface area contributed by atoms with Crippen LogP contribution in [0.2, 0.25) is 10.0 Å². The lowest BCUT2D eigenvalue weighted by Crippen LogP contribution is -2.24. The van der Waals surface area contributed by atoms with Crippen molar-refractivity contribution in [3.05, 3.63) is 46.0 Å².